The first-order valence-electron chi connectivity index (χ1n) is 3.65. The average molecular weight is 179 g/mol. The van der Waals surface area contributed by atoms with Gasteiger partial charge in [-0.1, -0.05) is 6.07 Å². The lowest BCUT2D eigenvalue weighted by molar-refractivity contribution is 0.501. The van der Waals surface area contributed by atoms with Crippen LogP contribution in [0.3, 0.4) is 0 Å². The molecule has 0 N–H and O–H groups in total. The first kappa shape index (κ1) is 7.91. The highest BCUT2D eigenvalue weighted by molar-refractivity contribution is 5.32. The standard InChI is InChI=1S/C9H5F2N2/c10-7-3-1-4-8(9(7)11)13-6-2-5-12-13/h1-4,6H. The predicted molar refractivity (Wildman–Crippen MR) is 42.3 cm³/mol. The number of hydrogen-bond donors (Lipinski definition) is 0. The quantitative estimate of drug-likeness (QED) is 0.654. The first-order chi connectivity index (χ1) is 6.29. The van der Waals surface area contributed by atoms with Crippen molar-refractivity contribution in [3.05, 3.63) is 48.3 Å². The Morgan fingerprint density at radius 1 is 1.31 bits per heavy atom. The van der Waals surface area contributed by atoms with E-state index < -0.39 is 11.6 Å². The average Bonchev–Trinajstić information content (AvgIpc) is 2.62. The number of rotatable bonds is 1. The molecule has 0 aliphatic heterocycles. The molecule has 2 rings (SSSR count). The van der Waals surface area contributed by atoms with Crippen molar-refractivity contribution < 1.29 is 8.78 Å². The molecule has 0 fully saturated rings. The van der Waals surface area contributed by atoms with Crippen LogP contribution in [-0.2, 0) is 0 Å². The monoisotopic (exact) mass is 179 g/mol. The number of hydrogen-bond acceptors (Lipinski definition) is 1. The Balaban J connectivity index is 2.59. The maximum atomic E-state index is 13.1. The van der Waals surface area contributed by atoms with E-state index in [2.05, 4.69) is 11.3 Å². The largest absolute Gasteiger partial charge is 0.237 e. The minimum atomic E-state index is -0.903. The van der Waals surface area contributed by atoms with Crippen LogP contribution in [0.4, 0.5) is 8.78 Å². The van der Waals surface area contributed by atoms with Crippen LogP contribution in [0.1, 0.15) is 0 Å². The minimum absolute atomic E-state index is 0.0845. The van der Waals surface area contributed by atoms with Crippen LogP contribution in [0.15, 0.2) is 30.5 Å². The third-order valence-corrected chi connectivity index (χ3v) is 1.63. The molecule has 0 amide bonds. The van der Waals surface area contributed by atoms with Gasteiger partial charge in [-0.3, -0.25) is 0 Å². The zero-order chi connectivity index (χ0) is 9.26. The van der Waals surface area contributed by atoms with E-state index >= 15 is 0 Å². The molecule has 1 radical (unpaired) electrons. The molecule has 2 nitrogen and oxygen atoms in total. The van der Waals surface area contributed by atoms with E-state index in [1.54, 1.807) is 0 Å². The van der Waals surface area contributed by atoms with Gasteiger partial charge in [0.15, 0.2) is 11.6 Å². The van der Waals surface area contributed by atoms with E-state index in [0.717, 1.165) is 6.07 Å². The zero-order valence-electron chi connectivity index (χ0n) is 6.54. The highest BCUT2D eigenvalue weighted by Crippen LogP contribution is 2.14. The van der Waals surface area contributed by atoms with Gasteiger partial charge in [0.25, 0.3) is 0 Å². The predicted octanol–water partition coefficient (Wildman–Crippen LogP) is 1.95. The number of aromatic nitrogens is 2. The zero-order valence-corrected chi connectivity index (χ0v) is 6.54. The minimum Gasteiger partial charge on any atom is -0.237 e. The summed E-state index contributed by atoms with van der Waals surface area (Å²) in [5.41, 5.74) is 0.0845. The number of nitrogens with zero attached hydrogens (tertiary/aromatic N) is 2. The van der Waals surface area contributed by atoms with Crippen molar-refractivity contribution in [2.24, 2.45) is 0 Å². The highest BCUT2D eigenvalue weighted by Gasteiger charge is 2.08. The van der Waals surface area contributed by atoms with E-state index in [1.165, 1.54) is 29.1 Å². The molecular formula is C9H5F2N2. The fourth-order valence-corrected chi connectivity index (χ4v) is 1.04. The fourth-order valence-electron chi connectivity index (χ4n) is 1.04. The van der Waals surface area contributed by atoms with E-state index in [0.29, 0.717) is 0 Å². The summed E-state index contributed by atoms with van der Waals surface area (Å²) in [5.74, 6) is -1.78. The summed E-state index contributed by atoms with van der Waals surface area (Å²) in [6.45, 7) is 0. The van der Waals surface area contributed by atoms with Crippen LogP contribution in [0.25, 0.3) is 5.69 Å². The third-order valence-electron chi connectivity index (χ3n) is 1.63. The lowest BCUT2D eigenvalue weighted by Crippen LogP contribution is -1.99. The van der Waals surface area contributed by atoms with Crippen molar-refractivity contribution in [3.63, 3.8) is 0 Å². The summed E-state index contributed by atoms with van der Waals surface area (Å²) < 4.78 is 27.1. The van der Waals surface area contributed by atoms with Gasteiger partial charge < -0.3 is 0 Å². The van der Waals surface area contributed by atoms with Gasteiger partial charge >= 0.3 is 0 Å². The molecule has 0 saturated heterocycles. The van der Waals surface area contributed by atoms with Crippen LogP contribution >= 0.6 is 0 Å². The van der Waals surface area contributed by atoms with Gasteiger partial charge in [0.05, 0.1) is 0 Å². The highest BCUT2D eigenvalue weighted by atomic mass is 19.2. The Labute approximate surface area is 73.4 Å². The lowest BCUT2D eigenvalue weighted by atomic mass is 10.3. The third kappa shape index (κ3) is 1.30. The van der Waals surface area contributed by atoms with Gasteiger partial charge in [-0.05, 0) is 18.2 Å². The summed E-state index contributed by atoms with van der Waals surface area (Å²) in [6.07, 6.45) is 4.00. The topological polar surface area (TPSA) is 17.8 Å². The molecule has 2 aromatic rings. The van der Waals surface area contributed by atoms with Crippen molar-refractivity contribution in [2.75, 3.05) is 0 Å². The summed E-state index contributed by atoms with van der Waals surface area (Å²) in [6, 6.07) is 5.45. The second kappa shape index (κ2) is 2.97. The van der Waals surface area contributed by atoms with Crippen LogP contribution in [0.2, 0.25) is 0 Å². The molecule has 65 valence electrons. The van der Waals surface area contributed by atoms with Crippen molar-refractivity contribution in [1.29, 1.82) is 0 Å². The molecule has 0 aliphatic rings. The van der Waals surface area contributed by atoms with Gasteiger partial charge in [0, 0.05) is 6.20 Å². The van der Waals surface area contributed by atoms with Crippen LogP contribution in [0.5, 0.6) is 0 Å². The van der Waals surface area contributed by atoms with E-state index in [1.807, 2.05) is 0 Å². The molecule has 0 atom stereocenters. The van der Waals surface area contributed by atoms with E-state index in [-0.39, 0.29) is 5.69 Å². The van der Waals surface area contributed by atoms with Crippen LogP contribution in [0, 0.1) is 17.8 Å². The molecular weight excluding hydrogens is 174 g/mol. The van der Waals surface area contributed by atoms with Gasteiger partial charge in [0.1, 0.15) is 11.9 Å². The molecule has 1 aromatic heterocycles. The van der Waals surface area contributed by atoms with E-state index in [4.69, 9.17) is 0 Å². The molecule has 0 aliphatic carbocycles. The lowest BCUT2D eigenvalue weighted by Gasteiger charge is -2.02. The molecule has 1 aromatic carbocycles. The molecule has 4 heteroatoms. The summed E-state index contributed by atoms with van der Waals surface area (Å²) in [4.78, 5) is 0. The second-order valence-electron chi connectivity index (χ2n) is 2.46. The Bertz CT molecular complexity index is 410. The van der Waals surface area contributed by atoms with Crippen LogP contribution < -0.4 is 0 Å². The summed E-state index contributed by atoms with van der Waals surface area (Å²) in [7, 11) is 0. The molecule has 0 unspecified atom stereocenters. The Morgan fingerprint density at radius 3 is 2.85 bits per heavy atom. The normalized spacial score (nSPS) is 10.3. The van der Waals surface area contributed by atoms with Crippen LogP contribution in [-0.4, -0.2) is 9.78 Å². The summed E-state index contributed by atoms with van der Waals surface area (Å²) in [5, 5.41) is 3.67. The van der Waals surface area contributed by atoms with Crippen molar-refractivity contribution in [1.82, 2.24) is 9.78 Å². The number of benzene rings is 1. The second-order valence-corrected chi connectivity index (χ2v) is 2.46. The summed E-state index contributed by atoms with van der Waals surface area (Å²) >= 11 is 0. The fraction of sp³-hybridized carbons (Fsp3) is 0. The van der Waals surface area contributed by atoms with Crippen molar-refractivity contribution >= 4 is 0 Å². The number of halogens is 2. The van der Waals surface area contributed by atoms with Gasteiger partial charge in [-0.2, -0.15) is 5.10 Å². The SMILES string of the molecule is Fc1cccc(-n2cc[c]n2)c1F. The van der Waals surface area contributed by atoms with Gasteiger partial charge in [0.2, 0.25) is 0 Å². The molecule has 13 heavy (non-hydrogen) atoms. The molecule has 0 saturated carbocycles. The molecule has 1 heterocycles. The Morgan fingerprint density at radius 2 is 2.15 bits per heavy atom. The Hall–Kier alpha value is -1.71. The van der Waals surface area contributed by atoms with Gasteiger partial charge in [-0.15, -0.1) is 0 Å². The first-order valence-corrected chi connectivity index (χ1v) is 3.65. The van der Waals surface area contributed by atoms with E-state index in [9.17, 15) is 8.78 Å². The maximum absolute atomic E-state index is 13.1. The Kier molecular flexibility index (Phi) is 1.81. The van der Waals surface area contributed by atoms with Crippen molar-refractivity contribution in [3.8, 4) is 5.69 Å². The molecule has 0 spiro atoms. The smallest absolute Gasteiger partial charge is 0.184 e. The molecule has 0 bridgehead atoms. The van der Waals surface area contributed by atoms with Gasteiger partial charge in [-0.25, -0.2) is 13.5 Å². The van der Waals surface area contributed by atoms with Crippen molar-refractivity contribution in [2.45, 2.75) is 0 Å². The maximum Gasteiger partial charge on any atom is 0.184 e.